The Morgan fingerprint density at radius 3 is 1.46 bits per heavy atom. The van der Waals surface area contributed by atoms with Crippen LogP contribution in [0.3, 0.4) is 0 Å². The fraction of sp³-hybridized carbons (Fsp3) is 0.773. The van der Waals surface area contributed by atoms with Crippen LogP contribution in [0.15, 0.2) is 48.6 Å². The third-order valence-corrected chi connectivity index (χ3v) is 9.91. The maximum atomic E-state index is 12.6. The number of hydrogen-bond donors (Lipinski definition) is 2. The van der Waals surface area contributed by atoms with Gasteiger partial charge in [-0.2, -0.15) is 0 Å². The molecule has 0 aromatic carbocycles. The zero-order valence-electron chi connectivity index (χ0n) is 34.7. The molecule has 0 aliphatic rings. The topological polar surface area (TPSA) is 120 Å². The molecule has 0 rings (SSSR count). The van der Waals surface area contributed by atoms with E-state index < -0.39 is 26.5 Å². The minimum Gasteiger partial charge on any atom is -0.462 e. The average molecular weight is 782 g/mol. The number of carbonyl (C=O) groups excluding carboxylic acids is 2. The highest BCUT2D eigenvalue weighted by Crippen LogP contribution is 2.43. The summed E-state index contributed by atoms with van der Waals surface area (Å²) in [7, 11) is -2.66. The van der Waals surface area contributed by atoms with Crippen LogP contribution in [0.1, 0.15) is 181 Å². The lowest BCUT2D eigenvalue weighted by molar-refractivity contribution is -0.161. The Morgan fingerprint density at radius 2 is 1.00 bits per heavy atom. The molecule has 0 amide bonds. The van der Waals surface area contributed by atoms with Gasteiger partial charge in [0.2, 0.25) is 0 Å². The minimum atomic E-state index is -4.35. The van der Waals surface area contributed by atoms with Gasteiger partial charge in [0.1, 0.15) is 6.61 Å². The summed E-state index contributed by atoms with van der Waals surface area (Å²) in [6.07, 6.45) is 44.3. The van der Waals surface area contributed by atoms with E-state index in [0.29, 0.717) is 13.0 Å². The molecule has 0 aliphatic heterocycles. The predicted molar refractivity (Wildman–Crippen MR) is 224 cm³/mol. The number of ether oxygens (including phenoxy) is 2. The molecule has 0 aliphatic carbocycles. The number of carbonyl (C=O) groups is 2. The van der Waals surface area contributed by atoms with Gasteiger partial charge in [-0.15, -0.1) is 0 Å². The number of nitrogens with one attached hydrogen (secondary N) is 1. The van der Waals surface area contributed by atoms with E-state index in [-0.39, 0.29) is 32.0 Å². The number of phosphoric acid groups is 1. The number of hydrogen-bond acceptors (Lipinski definition) is 8. The van der Waals surface area contributed by atoms with Crippen LogP contribution in [0.2, 0.25) is 0 Å². The third-order valence-electron chi connectivity index (χ3n) is 8.92. The van der Waals surface area contributed by atoms with Crippen LogP contribution >= 0.6 is 7.82 Å². The maximum absolute atomic E-state index is 12.6. The zero-order chi connectivity index (χ0) is 39.6. The quantitative estimate of drug-likeness (QED) is 0.0271. The first-order valence-corrected chi connectivity index (χ1v) is 23.1. The molecular weight excluding hydrogens is 701 g/mol. The molecule has 2 atom stereocenters. The standard InChI is InChI=1S/C44H80NO8P/c1-4-6-8-10-12-14-16-18-20-21-23-25-27-29-31-33-35-37-44(47)53-42(41-52-54(48,49)51-39-38-45-3)40-50-43(46)36-34-32-30-28-26-24-22-19-17-15-13-11-9-7-5-2/h12-15,18-20,22,42,45H,4-11,16-17,21,23-41H2,1-3H3,(H,48,49)/b14-12-,15-13-,20-18-,22-19-. The van der Waals surface area contributed by atoms with Gasteiger partial charge in [0.05, 0.1) is 13.2 Å². The van der Waals surface area contributed by atoms with E-state index in [1.54, 1.807) is 7.05 Å². The van der Waals surface area contributed by atoms with Gasteiger partial charge in [-0.3, -0.25) is 18.6 Å². The first kappa shape index (κ1) is 52.0. The van der Waals surface area contributed by atoms with E-state index in [2.05, 4.69) is 67.8 Å². The predicted octanol–water partition coefficient (Wildman–Crippen LogP) is 12.2. The van der Waals surface area contributed by atoms with Gasteiger partial charge in [-0.25, -0.2) is 4.57 Å². The molecule has 0 fully saturated rings. The van der Waals surface area contributed by atoms with Gasteiger partial charge in [0.25, 0.3) is 0 Å². The van der Waals surface area contributed by atoms with Crippen molar-refractivity contribution in [1.82, 2.24) is 5.32 Å². The molecule has 0 radical (unpaired) electrons. The molecule has 54 heavy (non-hydrogen) atoms. The molecule has 0 saturated heterocycles. The van der Waals surface area contributed by atoms with Crippen molar-refractivity contribution in [3.8, 4) is 0 Å². The van der Waals surface area contributed by atoms with Crippen molar-refractivity contribution in [2.75, 3.05) is 33.4 Å². The molecule has 0 aromatic rings. The molecule has 0 heterocycles. The molecule has 0 bridgehead atoms. The van der Waals surface area contributed by atoms with Gasteiger partial charge in [0.15, 0.2) is 6.10 Å². The summed E-state index contributed by atoms with van der Waals surface area (Å²) in [5, 5.41) is 2.82. The van der Waals surface area contributed by atoms with Gasteiger partial charge in [-0.05, 0) is 84.1 Å². The Labute approximate surface area is 330 Å². The maximum Gasteiger partial charge on any atom is 0.472 e. The van der Waals surface area contributed by atoms with E-state index in [1.165, 1.54) is 70.6 Å². The molecule has 314 valence electrons. The summed E-state index contributed by atoms with van der Waals surface area (Å²) in [4.78, 5) is 35.0. The van der Waals surface area contributed by atoms with E-state index in [1.807, 2.05) is 0 Å². The fourth-order valence-corrected chi connectivity index (χ4v) is 6.36. The lowest BCUT2D eigenvalue weighted by Gasteiger charge is -2.20. The smallest absolute Gasteiger partial charge is 0.462 e. The molecule has 2 unspecified atom stereocenters. The van der Waals surface area contributed by atoms with Crippen LogP contribution in [0.5, 0.6) is 0 Å². The zero-order valence-corrected chi connectivity index (χ0v) is 35.6. The van der Waals surface area contributed by atoms with Crippen LogP contribution in [-0.4, -0.2) is 56.3 Å². The summed E-state index contributed by atoms with van der Waals surface area (Å²) in [5.74, 6) is -0.833. The van der Waals surface area contributed by atoms with Gasteiger partial charge in [0, 0.05) is 19.4 Å². The van der Waals surface area contributed by atoms with Crippen LogP contribution in [0, 0.1) is 0 Å². The van der Waals surface area contributed by atoms with Crippen molar-refractivity contribution in [1.29, 1.82) is 0 Å². The highest BCUT2D eigenvalue weighted by molar-refractivity contribution is 7.47. The molecule has 0 spiro atoms. The summed E-state index contributed by atoms with van der Waals surface area (Å²) >= 11 is 0. The Hall–Kier alpha value is -2.03. The van der Waals surface area contributed by atoms with E-state index in [0.717, 1.165) is 77.0 Å². The second-order valence-electron chi connectivity index (χ2n) is 14.2. The Kier molecular flexibility index (Phi) is 39.1. The number of likely N-dealkylation sites (N-methyl/N-ethyl adjacent to an activating group) is 1. The van der Waals surface area contributed by atoms with Crippen LogP contribution in [-0.2, 0) is 32.7 Å². The molecule has 0 aromatic heterocycles. The molecule has 10 heteroatoms. The monoisotopic (exact) mass is 782 g/mol. The number of allylic oxidation sites excluding steroid dienone is 8. The highest BCUT2D eigenvalue weighted by Gasteiger charge is 2.26. The SMILES string of the molecule is CCCCC/C=C\C/C=C\CCCCCCCCCC(=O)OC(COC(=O)CCCCCCC/C=C\C/C=C\CCCCC)COP(=O)(O)OCCNC. The third kappa shape index (κ3) is 39.7. The fourth-order valence-electron chi connectivity index (χ4n) is 5.61. The second kappa shape index (κ2) is 40.6. The number of esters is 2. The van der Waals surface area contributed by atoms with Crippen molar-refractivity contribution in [3.63, 3.8) is 0 Å². The Balaban J connectivity index is 4.27. The summed E-state index contributed by atoms with van der Waals surface area (Å²) in [6.45, 7) is 4.14. The molecule has 0 saturated carbocycles. The Bertz CT molecular complexity index is 1030. The highest BCUT2D eigenvalue weighted by atomic mass is 31.2. The van der Waals surface area contributed by atoms with E-state index in [9.17, 15) is 19.0 Å². The van der Waals surface area contributed by atoms with E-state index in [4.69, 9.17) is 18.5 Å². The van der Waals surface area contributed by atoms with Crippen molar-refractivity contribution >= 4 is 19.8 Å². The van der Waals surface area contributed by atoms with Crippen LogP contribution in [0.4, 0.5) is 0 Å². The summed E-state index contributed by atoms with van der Waals surface area (Å²) < 4.78 is 33.2. The first-order valence-electron chi connectivity index (χ1n) is 21.6. The van der Waals surface area contributed by atoms with E-state index >= 15 is 0 Å². The molecule has 9 nitrogen and oxygen atoms in total. The summed E-state index contributed by atoms with van der Waals surface area (Å²) in [6, 6.07) is 0. The summed E-state index contributed by atoms with van der Waals surface area (Å²) in [5.41, 5.74) is 0. The molecule has 2 N–H and O–H groups in total. The largest absolute Gasteiger partial charge is 0.472 e. The average Bonchev–Trinajstić information content (AvgIpc) is 3.15. The van der Waals surface area contributed by atoms with Crippen LogP contribution < -0.4 is 5.32 Å². The number of unbranched alkanes of at least 4 members (excludes halogenated alkanes) is 18. The van der Waals surface area contributed by atoms with Crippen molar-refractivity contribution < 1.29 is 37.6 Å². The minimum absolute atomic E-state index is 0.0224. The Morgan fingerprint density at radius 1 is 0.574 bits per heavy atom. The van der Waals surface area contributed by atoms with Crippen LogP contribution in [0.25, 0.3) is 0 Å². The van der Waals surface area contributed by atoms with Crippen molar-refractivity contribution in [3.05, 3.63) is 48.6 Å². The molecular formula is C44H80NO8P. The van der Waals surface area contributed by atoms with Gasteiger partial charge in [-0.1, -0.05) is 140 Å². The van der Waals surface area contributed by atoms with Crippen molar-refractivity contribution in [2.24, 2.45) is 0 Å². The second-order valence-corrected chi connectivity index (χ2v) is 15.6. The lowest BCUT2D eigenvalue weighted by atomic mass is 10.1. The van der Waals surface area contributed by atoms with Gasteiger partial charge >= 0.3 is 19.8 Å². The lowest BCUT2D eigenvalue weighted by Crippen LogP contribution is -2.29. The number of phosphoric ester groups is 1. The first-order chi connectivity index (χ1) is 26.3. The van der Waals surface area contributed by atoms with Crippen molar-refractivity contribution in [2.45, 2.75) is 187 Å². The number of rotatable bonds is 40. The normalized spacial score (nSPS) is 13.8. The van der Waals surface area contributed by atoms with Gasteiger partial charge < -0.3 is 19.7 Å².